The average Bonchev–Trinajstić information content (AvgIpc) is 3.08. The van der Waals surface area contributed by atoms with E-state index in [4.69, 9.17) is 16.7 Å². The summed E-state index contributed by atoms with van der Waals surface area (Å²) in [7, 11) is 0. The third-order valence-corrected chi connectivity index (χ3v) is 5.00. The number of halogens is 1. The van der Waals surface area contributed by atoms with E-state index in [9.17, 15) is 9.59 Å². The number of benzene rings is 2. The summed E-state index contributed by atoms with van der Waals surface area (Å²) < 4.78 is 0. The molecule has 2 aromatic carbocycles. The zero-order chi connectivity index (χ0) is 17.2. The summed E-state index contributed by atoms with van der Waals surface area (Å²) in [6.45, 7) is 0. The first-order valence-corrected chi connectivity index (χ1v) is 8.30. The van der Waals surface area contributed by atoms with Crippen LogP contribution in [0.15, 0.2) is 48.5 Å². The minimum Gasteiger partial charge on any atom is -0.478 e. The minimum absolute atomic E-state index is 0.0188. The van der Waals surface area contributed by atoms with Crippen molar-refractivity contribution in [3.8, 4) is 0 Å². The second-order valence-electron chi connectivity index (χ2n) is 6.11. The third-order valence-electron chi connectivity index (χ3n) is 4.67. The average molecular weight is 344 g/mol. The highest BCUT2D eigenvalue weighted by Crippen LogP contribution is 2.42. The molecule has 1 aliphatic carbocycles. The molecule has 24 heavy (non-hydrogen) atoms. The van der Waals surface area contributed by atoms with Crippen molar-refractivity contribution in [3.63, 3.8) is 0 Å². The molecule has 3 rings (SSSR count). The van der Waals surface area contributed by atoms with Crippen LogP contribution in [0.3, 0.4) is 0 Å². The van der Waals surface area contributed by atoms with Crippen LogP contribution in [0.2, 0.25) is 5.02 Å². The minimum atomic E-state index is -1.12. The van der Waals surface area contributed by atoms with E-state index in [2.05, 4.69) is 5.32 Å². The number of anilines is 1. The molecule has 1 aliphatic rings. The smallest absolute Gasteiger partial charge is 0.337 e. The summed E-state index contributed by atoms with van der Waals surface area (Å²) in [5.74, 6) is -1.21. The molecule has 0 bridgehead atoms. The monoisotopic (exact) mass is 343 g/mol. The number of amides is 1. The van der Waals surface area contributed by atoms with Crippen molar-refractivity contribution in [2.24, 2.45) is 0 Å². The molecule has 0 aliphatic heterocycles. The normalized spacial score (nSPS) is 15.9. The molecular formula is C19H18ClNO3. The van der Waals surface area contributed by atoms with Crippen LogP contribution in [0.4, 0.5) is 5.69 Å². The molecule has 0 aromatic heterocycles. The Kier molecular flexibility index (Phi) is 4.58. The number of hydrogen-bond donors (Lipinski definition) is 2. The molecule has 0 atom stereocenters. The van der Waals surface area contributed by atoms with Crippen molar-refractivity contribution in [1.29, 1.82) is 0 Å². The van der Waals surface area contributed by atoms with Gasteiger partial charge in [0.1, 0.15) is 0 Å². The molecule has 4 nitrogen and oxygen atoms in total. The predicted octanol–water partition coefficient (Wildman–Crippen LogP) is 4.49. The Labute approximate surface area is 145 Å². The second kappa shape index (κ2) is 6.65. The summed E-state index contributed by atoms with van der Waals surface area (Å²) in [4.78, 5) is 24.2. The van der Waals surface area contributed by atoms with Crippen LogP contribution < -0.4 is 5.32 Å². The summed E-state index contributed by atoms with van der Waals surface area (Å²) >= 11 is 5.88. The van der Waals surface area contributed by atoms with E-state index in [1.165, 1.54) is 12.1 Å². The van der Waals surface area contributed by atoms with E-state index in [-0.39, 0.29) is 16.5 Å². The Morgan fingerprint density at radius 2 is 1.71 bits per heavy atom. The highest BCUT2D eigenvalue weighted by Gasteiger charge is 2.42. The first-order valence-electron chi connectivity index (χ1n) is 7.93. The molecular weight excluding hydrogens is 326 g/mol. The van der Waals surface area contributed by atoms with Crippen molar-refractivity contribution >= 4 is 29.2 Å². The van der Waals surface area contributed by atoms with E-state index >= 15 is 0 Å². The molecule has 0 unspecified atom stereocenters. The van der Waals surface area contributed by atoms with Gasteiger partial charge in [-0.15, -0.1) is 0 Å². The van der Waals surface area contributed by atoms with Gasteiger partial charge >= 0.3 is 5.97 Å². The van der Waals surface area contributed by atoms with Crippen LogP contribution in [0, 0.1) is 0 Å². The van der Waals surface area contributed by atoms with Gasteiger partial charge in [-0.1, -0.05) is 54.8 Å². The number of carbonyl (C=O) groups is 2. The first kappa shape index (κ1) is 16.5. The van der Waals surface area contributed by atoms with Crippen molar-refractivity contribution in [2.45, 2.75) is 31.1 Å². The number of carbonyl (C=O) groups excluding carboxylic acids is 1. The maximum absolute atomic E-state index is 13.0. The molecule has 0 radical (unpaired) electrons. The topological polar surface area (TPSA) is 66.4 Å². The Balaban J connectivity index is 1.90. The van der Waals surface area contributed by atoms with Gasteiger partial charge in [0.25, 0.3) is 0 Å². The molecule has 0 spiro atoms. The number of rotatable bonds is 4. The van der Waals surface area contributed by atoms with Gasteiger partial charge in [-0.25, -0.2) is 4.79 Å². The van der Waals surface area contributed by atoms with E-state index in [0.717, 1.165) is 31.2 Å². The Bertz CT molecular complexity index is 767. The lowest BCUT2D eigenvalue weighted by atomic mass is 9.78. The van der Waals surface area contributed by atoms with Crippen LogP contribution in [-0.2, 0) is 10.2 Å². The Morgan fingerprint density at radius 1 is 1.04 bits per heavy atom. The van der Waals surface area contributed by atoms with Crippen molar-refractivity contribution in [3.05, 3.63) is 64.7 Å². The van der Waals surface area contributed by atoms with E-state index in [0.29, 0.717) is 5.69 Å². The summed E-state index contributed by atoms with van der Waals surface area (Å²) in [6.07, 6.45) is 3.59. The lowest BCUT2D eigenvalue weighted by Gasteiger charge is -2.28. The maximum Gasteiger partial charge on any atom is 0.337 e. The molecule has 5 heteroatoms. The van der Waals surface area contributed by atoms with Crippen molar-refractivity contribution in [2.75, 3.05) is 5.32 Å². The second-order valence-corrected chi connectivity index (χ2v) is 6.52. The summed E-state index contributed by atoms with van der Waals surface area (Å²) in [5, 5.41) is 12.2. The van der Waals surface area contributed by atoms with Crippen LogP contribution in [0.1, 0.15) is 41.6 Å². The van der Waals surface area contributed by atoms with Crippen molar-refractivity contribution < 1.29 is 14.7 Å². The zero-order valence-electron chi connectivity index (χ0n) is 13.1. The third kappa shape index (κ3) is 3.02. The van der Waals surface area contributed by atoms with Gasteiger partial charge in [0.2, 0.25) is 5.91 Å². The van der Waals surface area contributed by atoms with Crippen LogP contribution in [-0.4, -0.2) is 17.0 Å². The molecule has 0 heterocycles. The number of nitrogens with one attached hydrogen (secondary N) is 1. The van der Waals surface area contributed by atoms with Crippen LogP contribution >= 0.6 is 11.6 Å². The van der Waals surface area contributed by atoms with E-state index < -0.39 is 11.4 Å². The van der Waals surface area contributed by atoms with E-state index in [1.807, 2.05) is 30.3 Å². The number of carboxylic acids is 1. The molecule has 1 amide bonds. The quantitative estimate of drug-likeness (QED) is 0.859. The Hall–Kier alpha value is -2.33. The Morgan fingerprint density at radius 3 is 2.33 bits per heavy atom. The fourth-order valence-electron chi connectivity index (χ4n) is 3.40. The molecule has 124 valence electrons. The fourth-order valence-corrected chi connectivity index (χ4v) is 3.60. The van der Waals surface area contributed by atoms with Gasteiger partial charge in [-0.2, -0.15) is 0 Å². The first-order chi connectivity index (χ1) is 11.5. The fraction of sp³-hybridized carbons (Fsp3) is 0.263. The number of hydrogen-bond acceptors (Lipinski definition) is 2. The van der Waals surface area contributed by atoms with Gasteiger partial charge in [-0.3, -0.25) is 4.79 Å². The van der Waals surface area contributed by atoms with Crippen LogP contribution in [0.25, 0.3) is 0 Å². The van der Waals surface area contributed by atoms with Gasteiger partial charge in [0.15, 0.2) is 0 Å². The standard InChI is InChI=1S/C19H18ClNO3/c20-16-9-8-14(12-15(16)17(22)23)21-18(24)19(10-4-5-11-19)13-6-2-1-3-7-13/h1-3,6-9,12H,4-5,10-11H2,(H,21,24)(H,22,23). The SMILES string of the molecule is O=C(O)c1cc(NC(=O)C2(c3ccccc3)CCCC2)ccc1Cl. The molecule has 1 saturated carbocycles. The molecule has 2 aromatic rings. The van der Waals surface area contributed by atoms with Crippen molar-refractivity contribution in [1.82, 2.24) is 0 Å². The predicted molar refractivity (Wildman–Crippen MR) is 93.6 cm³/mol. The summed E-state index contributed by atoms with van der Waals surface area (Å²) in [6, 6.07) is 14.3. The maximum atomic E-state index is 13.0. The lowest BCUT2D eigenvalue weighted by Crippen LogP contribution is -2.38. The van der Waals surface area contributed by atoms with Gasteiger partial charge in [-0.05, 0) is 36.6 Å². The molecule has 2 N–H and O–H groups in total. The number of carboxylic acid groups (broad SMARTS) is 1. The summed E-state index contributed by atoms with van der Waals surface area (Å²) in [5.41, 5.74) is 0.885. The largest absolute Gasteiger partial charge is 0.478 e. The highest BCUT2D eigenvalue weighted by molar-refractivity contribution is 6.33. The van der Waals surface area contributed by atoms with Gasteiger partial charge in [0, 0.05) is 5.69 Å². The zero-order valence-corrected chi connectivity index (χ0v) is 13.8. The van der Waals surface area contributed by atoms with Crippen LogP contribution in [0.5, 0.6) is 0 Å². The molecule has 0 saturated heterocycles. The highest BCUT2D eigenvalue weighted by atomic mass is 35.5. The molecule has 1 fully saturated rings. The van der Waals surface area contributed by atoms with Gasteiger partial charge < -0.3 is 10.4 Å². The lowest BCUT2D eigenvalue weighted by molar-refractivity contribution is -0.121. The van der Waals surface area contributed by atoms with Gasteiger partial charge in [0.05, 0.1) is 16.0 Å². The number of aromatic carboxylic acids is 1. The van der Waals surface area contributed by atoms with E-state index in [1.54, 1.807) is 6.07 Å².